The fraction of sp³-hybridized carbons (Fsp3) is 0.235. The van der Waals surface area contributed by atoms with Gasteiger partial charge in [0.15, 0.2) is 0 Å². The van der Waals surface area contributed by atoms with Gasteiger partial charge in [0, 0.05) is 55.8 Å². The van der Waals surface area contributed by atoms with Gasteiger partial charge in [0.25, 0.3) is 0 Å². The van der Waals surface area contributed by atoms with Crippen molar-refractivity contribution in [1.82, 2.24) is 9.80 Å². The molecule has 0 aromatic heterocycles. The normalized spacial score (nSPS) is 15.4. The Morgan fingerprint density at radius 3 is 1.27 bits per heavy atom. The summed E-state index contributed by atoms with van der Waals surface area (Å²) >= 11 is 15.3. The first-order valence-electron chi connectivity index (χ1n) is 14.4. The maximum atomic E-state index is 5.93. The Morgan fingerprint density at radius 1 is 0.523 bits per heavy atom. The monoisotopic (exact) mass is 664 g/mol. The molecule has 2 aliphatic rings. The van der Waals surface area contributed by atoms with Crippen LogP contribution in [0.15, 0.2) is 127 Å². The molecule has 0 spiro atoms. The van der Waals surface area contributed by atoms with E-state index < -0.39 is 0 Å². The van der Waals surface area contributed by atoms with Gasteiger partial charge in [-0.1, -0.05) is 71.0 Å². The van der Waals surface area contributed by atoms with Crippen LogP contribution in [0.3, 0.4) is 0 Å². The summed E-state index contributed by atoms with van der Waals surface area (Å²) < 4.78 is 10.7. The Morgan fingerprint density at radius 2 is 0.886 bits per heavy atom. The van der Waals surface area contributed by atoms with Gasteiger partial charge in [0.1, 0.15) is 0 Å². The van der Waals surface area contributed by atoms with E-state index in [1.54, 1.807) is 23.5 Å². The van der Waals surface area contributed by atoms with E-state index in [0.29, 0.717) is 0 Å². The zero-order valence-corrected chi connectivity index (χ0v) is 27.4. The van der Waals surface area contributed by atoms with Gasteiger partial charge in [-0.3, -0.25) is 0 Å². The van der Waals surface area contributed by atoms with Gasteiger partial charge in [-0.05, 0) is 72.8 Å². The zero-order chi connectivity index (χ0) is 30.4. The number of aliphatic imine (C=N–C) groups is 2. The molecule has 0 bridgehead atoms. The highest BCUT2D eigenvalue weighted by molar-refractivity contribution is 7.99. The van der Waals surface area contributed by atoms with Gasteiger partial charge < -0.3 is 19.3 Å². The van der Waals surface area contributed by atoms with Crippen molar-refractivity contribution in [3.63, 3.8) is 0 Å². The molecule has 0 atom stereocenters. The zero-order valence-electron chi connectivity index (χ0n) is 24.2. The van der Waals surface area contributed by atoms with Crippen molar-refractivity contribution in [3.8, 4) is 0 Å². The summed E-state index contributed by atoms with van der Waals surface area (Å²) in [6, 6.07) is 32.1. The van der Waals surface area contributed by atoms with Gasteiger partial charge in [-0.25, -0.2) is 9.98 Å². The lowest BCUT2D eigenvalue weighted by atomic mass is 10.3. The average Bonchev–Trinajstić information content (AvgIpc) is 3.07. The summed E-state index contributed by atoms with van der Waals surface area (Å²) in [4.78, 5) is 18.2. The molecule has 2 aliphatic heterocycles. The molecule has 0 N–H and O–H groups in total. The Hall–Kier alpha value is -2.98. The molecule has 0 radical (unpaired) electrons. The highest BCUT2D eigenvalue weighted by Gasteiger charge is 2.09. The molecule has 4 aromatic rings. The van der Waals surface area contributed by atoms with Crippen LogP contribution in [0.2, 0.25) is 10.0 Å². The lowest BCUT2D eigenvalue weighted by Crippen LogP contribution is -2.34. The van der Waals surface area contributed by atoms with Crippen molar-refractivity contribution in [2.75, 3.05) is 52.6 Å². The van der Waals surface area contributed by atoms with Crippen LogP contribution in [0.25, 0.3) is 0 Å². The van der Waals surface area contributed by atoms with Gasteiger partial charge in [0.05, 0.1) is 50.5 Å². The van der Waals surface area contributed by atoms with E-state index in [1.807, 2.05) is 97.6 Å². The summed E-state index contributed by atoms with van der Waals surface area (Å²) in [5, 5.41) is 1.51. The summed E-state index contributed by atoms with van der Waals surface area (Å²) in [5.41, 5.74) is 1.96. The highest BCUT2D eigenvalue weighted by atomic mass is 35.5. The second-order valence-electron chi connectivity index (χ2n) is 9.83. The van der Waals surface area contributed by atoms with E-state index in [1.165, 1.54) is 0 Å². The molecule has 2 heterocycles. The Bertz CT molecular complexity index is 1390. The summed E-state index contributed by atoms with van der Waals surface area (Å²) in [7, 11) is 0. The lowest BCUT2D eigenvalue weighted by molar-refractivity contribution is 0.0700. The van der Waals surface area contributed by atoms with Crippen molar-refractivity contribution < 1.29 is 9.47 Å². The van der Waals surface area contributed by atoms with Crippen LogP contribution < -0.4 is 0 Å². The van der Waals surface area contributed by atoms with E-state index >= 15 is 0 Å². The van der Waals surface area contributed by atoms with E-state index in [9.17, 15) is 0 Å². The molecule has 6 rings (SSSR count). The Balaban J connectivity index is 0.000000175. The molecule has 0 unspecified atom stereocenters. The van der Waals surface area contributed by atoms with E-state index in [0.717, 1.165) is 93.6 Å². The van der Waals surface area contributed by atoms with Crippen molar-refractivity contribution in [2.45, 2.75) is 19.6 Å². The molecular formula is C34H34Cl2N4O2S2. The molecule has 44 heavy (non-hydrogen) atoms. The van der Waals surface area contributed by atoms with E-state index in [-0.39, 0.29) is 0 Å². The number of hydrogen-bond donors (Lipinski definition) is 0. The Labute approximate surface area is 278 Å². The van der Waals surface area contributed by atoms with Crippen molar-refractivity contribution in [1.29, 1.82) is 0 Å². The molecule has 0 aliphatic carbocycles. The third-order valence-electron chi connectivity index (χ3n) is 6.62. The molecule has 4 aromatic carbocycles. The molecule has 10 heteroatoms. The smallest absolute Gasteiger partial charge is 0.0914 e. The minimum absolute atomic E-state index is 0.753. The van der Waals surface area contributed by atoms with E-state index in [4.69, 9.17) is 32.7 Å². The standard InChI is InChI=1S/2C17H17ClN2OS/c2*18-14-5-7-15(8-6-14)22-17-4-2-1-3-16(17)19-13-20-9-11-21-12-10-20/h2*1-8,13H,9-12H2. The van der Waals surface area contributed by atoms with E-state index in [2.05, 4.69) is 31.9 Å². The first kappa shape index (κ1) is 32.4. The van der Waals surface area contributed by atoms with Gasteiger partial charge >= 0.3 is 0 Å². The average molecular weight is 666 g/mol. The molecular weight excluding hydrogens is 631 g/mol. The van der Waals surface area contributed by atoms with Crippen LogP contribution >= 0.6 is 46.7 Å². The number of nitrogens with zero attached hydrogens (tertiary/aromatic N) is 4. The van der Waals surface area contributed by atoms with Gasteiger partial charge in [-0.2, -0.15) is 0 Å². The van der Waals surface area contributed by atoms with Gasteiger partial charge in [0.2, 0.25) is 0 Å². The predicted molar refractivity (Wildman–Crippen MR) is 185 cm³/mol. The minimum atomic E-state index is 0.753. The molecule has 2 fully saturated rings. The summed E-state index contributed by atoms with van der Waals surface area (Å²) in [5.74, 6) is 0. The number of hydrogen-bond acceptors (Lipinski definition) is 6. The van der Waals surface area contributed by atoms with Crippen LogP contribution in [0, 0.1) is 0 Å². The first-order chi connectivity index (χ1) is 21.6. The maximum Gasteiger partial charge on any atom is 0.0914 e. The number of para-hydroxylation sites is 2. The van der Waals surface area contributed by atoms with Crippen molar-refractivity contribution in [2.24, 2.45) is 9.98 Å². The summed E-state index contributed by atoms with van der Waals surface area (Å²) in [6.45, 7) is 6.68. The second-order valence-corrected chi connectivity index (χ2v) is 12.9. The molecule has 2 saturated heterocycles. The number of benzene rings is 4. The fourth-order valence-electron chi connectivity index (χ4n) is 4.23. The molecule has 228 valence electrons. The third kappa shape index (κ3) is 10.6. The fourth-order valence-corrected chi connectivity index (χ4v) is 6.28. The van der Waals surface area contributed by atoms with Crippen molar-refractivity contribution in [3.05, 3.63) is 107 Å². The quantitative estimate of drug-likeness (QED) is 0.138. The topological polar surface area (TPSA) is 49.7 Å². The SMILES string of the molecule is Clc1ccc(Sc2ccccc2N=CN2CCOCC2)cc1.Clc1ccc(Sc2ccccc2N=CN2CCOCC2)cc1. The maximum absolute atomic E-state index is 5.93. The first-order valence-corrected chi connectivity index (χ1v) is 16.8. The van der Waals surface area contributed by atoms with Gasteiger partial charge in [-0.15, -0.1) is 0 Å². The third-order valence-corrected chi connectivity index (χ3v) is 9.27. The second kappa shape index (κ2) is 17.5. The molecule has 0 saturated carbocycles. The number of ether oxygens (including phenoxy) is 2. The van der Waals surface area contributed by atoms with Crippen molar-refractivity contribution >= 4 is 70.8 Å². The van der Waals surface area contributed by atoms with Crippen LogP contribution in [0.1, 0.15) is 0 Å². The lowest BCUT2D eigenvalue weighted by Gasteiger charge is -2.24. The predicted octanol–water partition coefficient (Wildman–Crippen LogP) is 8.97. The highest BCUT2D eigenvalue weighted by Crippen LogP contribution is 2.36. The van der Waals surface area contributed by atoms with Crippen LogP contribution in [-0.2, 0) is 9.47 Å². The van der Waals surface area contributed by atoms with Crippen LogP contribution in [0.5, 0.6) is 0 Å². The molecule has 6 nitrogen and oxygen atoms in total. The summed E-state index contributed by atoms with van der Waals surface area (Å²) in [6.07, 6.45) is 3.84. The number of rotatable bonds is 8. The molecule has 0 amide bonds. The largest absolute Gasteiger partial charge is 0.378 e. The van der Waals surface area contributed by atoms with Crippen LogP contribution in [0.4, 0.5) is 11.4 Å². The minimum Gasteiger partial charge on any atom is -0.378 e. The Kier molecular flexibility index (Phi) is 12.9. The number of morpholine rings is 2. The van der Waals surface area contributed by atoms with Crippen LogP contribution in [-0.4, -0.2) is 75.1 Å². The number of halogens is 2.